The first-order chi connectivity index (χ1) is 11.5. The number of nitrogens with zero attached hydrogens (tertiary/aromatic N) is 4. The molecule has 7 nitrogen and oxygen atoms in total. The van der Waals surface area contributed by atoms with E-state index in [1.54, 1.807) is 37.4 Å². The van der Waals surface area contributed by atoms with E-state index in [1.165, 1.54) is 6.07 Å². The van der Waals surface area contributed by atoms with E-state index in [9.17, 15) is 4.79 Å². The minimum absolute atomic E-state index is 0.117. The maximum absolute atomic E-state index is 12.4. The molecule has 0 aliphatic heterocycles. The molecule has 0 unspecified atom stereocenters. The second-order valence-corrected chi connectivity index (χ2v) is 5.35. The van der Waals surface area contributed by atoms with Gasteiger partial charge in [-0.05, 0) is 37.3 Å². The summed E-state index contributed by atoms with van der Waals surface area (Å²) in [6.07, 6.45) is 1.64. The van der Waals surface area contributed by atoms with Crippen LogP contribution < -0.4 is 11.1 Å². The van der Waals surface area contributed by atoms with E-state index in [0.717, 1.165) is 0 Å². The fourth-order valence-corrected chi connectivity index (χ4v) is 2.24. The highest BCUT2D eigenvalue weighted by Gasteiger charge is 2.14. The molecule has 1 aromatic carbocycles. The molecule has 0 bridgehead atoms. The standard InChI is InChI=1S/C16H13ClN6O/c1-9-20-14(13-4-2-3-7-19-13)22-16(21-9)23-15(24)11-8-10(18)5-6-12(11)17/h2-8H,18H2,1H3,(H,20,21,22,23,24). The number of aryl methyl sites for hydroxylation is 1. The largest absolute Gasteiger partial charge is 0.399 e. The lowest BCUT2D eigenvalue weighted by Crippen LogP contribution is -2.16. The Kier molecular flexibility index (Phi) is 4.35. The van der Waals surface area contributed by atoms with E-state index in [1.807, 2.05) is 6.07 Å². The van der Waals surface area contributed by atoms with Crippen molar-refractivity contribution in [3.05, 3.63) is 59.0 Å². The third kappa shape index (κ3) is 3.47. The number of nitrogens with two attached hydrogens (primary N) is 1. The Morgan fingerprint density at radius 2 is 2.00 bits per heavy atom. The molecule has 3 N–H and O–H groups in total. The van der Waals surface area contributed by atoms with Crippen LogP contribution in [-0.4, -0.2) is 25.8 Å². The van der Waals surface area contributed by atoms with Gasteiger partial charge in [-0.3, -0.25) is 15.1 Å². The van der Waals surface area contributed by atoms with Crippen molar-refractivity contribution >= 4 is 29.1 Å². The summed E-state index contributed by atoms with van der Waals surface area (Å²) in [5, 5.41) is 2.90. The molecule has 0 aliphatic carbocycles. The summed E-state index contributed by atoms with van der Waals surface area (Å²) >= 11 is 6.04. The molecule has 2 aromatic heterocycles. The first-order valence-electron chi connectivity index (χ1n) is 7.03. The van der Waals surface area contributed by atoms with Crippen molar-refractivity contribution in [2.75, 3.05) is 11.1 Å². The molecular formula is C16H13ClN6O. The molecule has 0 fully saturated rings. The molecule has 3 rings (SSSR count). The highest BCUT2D eigenvalue weighted by Crippen LogP contribution is 2.20. The van der Waals surface area contributed by atoms with Crippen molar-refractivity contribution in [3.8, 4) is 11.5 Å². The lowest BCUT2D eigenvalue weighted by atomic mass is 10.2. The molecule has 0 saturated carbocycles. The number of aromatic nitrogens is 4. The number of anilines is 2. The van der Waals surface area contributed by atoms with Crippen LogP contribution in [0.15, 0.2) is 42.6 Å². The summed E-state index contributed by atoms with van der Waals surface area (Å²) in [7, 11) is 0. The number of halogens is 1. The number of carbonyl (C=O) groups excluding carboxylic acids is 1. The number of hydrogen-bond acceptors (Lipinski definition) is 6. The van der Waals surface area contributed by atoms with Gasteiger partial charge in [0, 0.05) is 11.9 Å². The third-order valence-corrected chi connectivity index (χ3v) is 3.43. The van der Waals surface area contributed by atoms with Gasteiger partial charge in [0.15, 0.2) is 5.82 Å². The van der Waals surface area contributed by atoms with Crippen molar-refractivity contribution in [2.45, 2.75) is 6.92 Å². The lowest BCUT2D eigenvalue weighted by Gasteiger charge is -2.08. The van der Waals surface area contributed by atoms with Gasteiger partial charge in [0.1, 0.15) is 11.5 Å². The van der Waals surface area contributed by atoms with Crippen LogP contribution in [0, 0.1) is 6.92 Å². The predicted molar refractivity (Wildman–Crippen MR) is 91.6 cm³/mol. The molecule has 0 radical (unpaired) electrons. The number of pyridine rings is 1. The molecule has 24 heavy (non-hydrogen) atoms. The Morgan fingerprint density at radius 1 is 1.17 bits per heavy atom. The van der Waals surface area contributed by atoms with Gasteiger partial charge in [0.2, 0.25) is 5.95 Å². The summed E-state index contributed by atoms with van der Waals surface area (Å²) in [6, 6.07) is 10.1. The quantitative estimate of drug-likeness (QED) is 0.710. The second-order valence-electron chi connectivity index (χ2n) is 4.94. The van der Waals surface area contributed by atoms with Crippen molar-refractivity contribution in [1.29, 1.82) is 0 Å². The second kappa shape index (κ2) is 6.59. The maximum atomic E-state index is 12.4. The molecule has 0 aliphatic rings. The molecule has 0 spiro atoms. The van der Waals surface area contributed by atoms with Crippen LogP contribution in [0.1, 0.15) is 16.2 Å². The van der Waals surface area contributed by atoms with Gasteiger partial charge >= 0.3 is 0 Å². The number of carbonyl (C=O) groups is 1. The minimum atomic E-state index is -0.454. The Labute approximate surface area is 143 Å². The Hall–Kier alpha value is -3.06. The molecule has 1 amide bonds. The van der Waals surface area contributed by atoms with Crippen LogP contribution in [-0.2, 0) is 0 Å². The number of amides is 1. The van der Waals surface area contributed by atoms with Crippen LogP contribution in [0.5, 0.6) is 0 Å². The zero-order valence-corrected chi connectivity index (χ0v) is 13.4. The van der Waals surface area contributed by atoms with Crippen LogP contribution >= 0.6 is 11.6 Å². The molecule has 0 saturated heterocycles. The maximum Gasteiger partial charge on any atom is 0.259 e. The third-order valence-electron chi connectivity index (χ3n) is 3.10. The molecular weight excluding hydrogens is 328 g/mol. The Morgan fingerprint density at radius 3 is 2.75 bits per heavy atom. The van der Waals surface area contributed by atoms with Crippen molar-refractivity contribution in [2.24, 2.45) is 0 Å². The molecule has 8 heteroatoms. The molecule has 0 atom stereocenters. The smallest absolute Gasteiger partial charge is 0.259 e. The van der Waals surface area contributed by atoms with Gasteiger partial charge in [0.05, 0.1) is 10.6 Å². The van der Waals surface area contributed by atoms with E-state index in [4.69, 9.17) is 17.3 Å². The molecule has 120 valence electrons. The summed E-state index contributed by atoms with van der Waals surface area (Å²) in [5.41, 5.74) is 6.96. The zero-order chi connectivity index (χ0) is 17.1. The highest BCUT2D eigenvalue weighted by atomic mass is 35.5. The Bertz CT molecular complexity index is 900. The van der Waals surface area contributed by atoms with Crippen molar-refractivity contribution in [1.82, 2.24) is 19.9 Å². The van der Waals surface area contributed by atoms with Gasteiger partial charge in [-0.25, -0.2) is 4.98 Å². The van der Waals surface area contributed by atoms with Crippen LogP contribution in [0.25, 0.3) is 11.5 Å². The lowest BCUT2D eigenvalue weighted by molar-refractivity contribution is 0.102. The zero-order valence-electron chi connectivity index (χ0n) is 12.7. The highest BCUT2D eigenvalue weighted by molar-refractivity contribution is 6.34. The van der Waals surface area contributed by atoms with E-state index in [-0.39, 0.29) is 16.5 Å². The normalized spacial score (nSPS) is 10.4. The van der Waals surface area contributed by atoms with Crippen LogP contribution in [0.2, 0.25) is 5.02 Å². The van der Waals surface area contributed by atoms with Gasteiger partial charge in [0.25, 0.3) is 5.91 Å². The van der Waals surface area contributed by atoms with E-state index in [2.05, 4.69) is 25.3 Å². The fraction of sp³-hybridized carbons (Fsp3) is 0.0625. The monoisotopic (exact) mass is 340 g/mol. The van der Waals surface area contributed by atoms with E-state index < -0.39 is 5.91 Å². The molecule has 2 heterocycles. The average molecular weight is 341 g/mol. The van der Waals surface area contributed by atoms with Gasteiger partial charge in [-0.15, -0.1) is 0 Å². The van der Waals surface area contributed by atoms with Gasteiger partial charge in [-0.1, -0.05) is 17.7 Å². The summed E-state index contributed by atoms with van der Waals surface area (Å²) in [6.45, 7) is 1.71. The molecule has 3 aromatic rings. The number of nitrogen functional groups attached to an aromatic ring is 1. The topological polar surface area (TPSA) is 107 Å². The SMILES string of the molecule is Cc1nc(NC(=O)c2cc(N)ccc2Cl)nc(-c2ccccn2)n1. The number of benzene rings is 1. The predicted octanol–water partition coefficient (Wildman–Crippen LogP) is 2.73. The van der Waals surface area contributed by atoms with Gasteiger partial charge in [-0.2, -0.15) is 9.97 Å². The Balaban J connectivity index is 1.91. The first-order valence-corrected chi connectivity index (χ1v) is 7.41. The van der Waals surface area contributed by atoms with Gasteiger partial charge < -0.3 is 5.73 Å². The van der Waals surface area contributed by atoms with E-state index in [0.29, 0.717) is 23.0 Å². The number of nitrogens with one attached hydrogen (secondary N) is 1. The first kappa shape index (κ1) is 15.8. The number of hydrogen-bond donors (Lipinski definition) is 2. The average Bonchev–Trinajstić information content (AvgIpc) is 2.57. The summed E-state index contributed by atoms with van der Waals surface area (Å²) in [4.78, 5) is 29.2. The summed E-state index contributed by atoms with van der Waals surface area (Å²) in [5.74, 6) is 0.494. The van der Waals surface area contributed by atoms with Crippen molar-refractivity contribution in [3.63, 3.8) is 0 Å². The number of rotatable bonds is 3. The summed E-state index contributed by atoms with van der Waals surface area (Å²) < 4.78 is 0. The van der Waals surface area contributed by atoms with Crippen LogP contribution in [0.4, 0.5) is 11.6 Å². The van der Waals surface area contributed by atoms with Crippen LogP contribution in [0.3, 0.4) is 0 Å². The minimum Gasteiger partial charge on any atom is -0.399 e. The van der Waals surface area contributed by atoms with Crippen molar-refractivity contribution < 1.29 is 4.79 Å². The fourth-order valence-electron chi connectivity index (χ4n) is 2.03. The van der Waals surface area contributed by atoms with E-state index >= 15 is 0 Å².